The van der Waals surface area contributed by atoms with Crippen molar-refractivity contribution in [1.29, 1.82) is 0 Å². The normalized spacial score (nSPS) is 12.7. The molecule has 10 heterocycles. The Morgan fingerprint density at radius 1 is 0.189 bits per heavy atom. The minimum atomic E-state index is 0.537. The van der Waals surface area contributed by atoms with Gasteiger partial charge in [-0.05, 0) is 182 Å². The maximum Gasteiger partial charge on any atom is 0.216 e. The molecule has 5 nitrogen and oxygen atoms in total. The van der Waals surface area contributed by atoms with E-state index in [0.29, 0.717) is 11.8 Å². The van der Waals surface area contributed by atoms with Crippen molar-refractivity contribution >= 4 is 54.5 Å². The van der Waals surface area contributed by atoms with Gasteiger partial charge in [-0.15, -0.1) is 0 Å². The molecule has 5 aromatic heterocycles. The molecular weight excluding hydrogens is 1540 g/mol. The first-order valence-corrected chi connectivity index (χ1v) is 45.7. The highest BCUT2D eigenvalue weighted by Gasteiger charge is 2.34. The number of aromatic nitrogens is 5. The van der Waals surface area contributed by atoms with Crippen LogP contribution in [0.1, 0.15) is 84.0 Å². The van der Waals surface area contributed by atoms with Gasteiger partial charge >= 0.3 is 0 Å². The van der Waals surface area contributed by atoms with Crippen molar-refractivity contribution in [3.63, 3.8) is 0 Å². The van der Waals surface area contributed by atoms with Gasteiger partial charge in [-0.2, -0.15) is 22.8 Å². The number of hydrogen-bond acceptors (Lipinski definition) is 0. The summed E-state index contributed by atoms with van der Waals surface area (Å²) in [5, 5.41) is 6.71. The third-order valence-corrected chi connectivity index (χ3v) is 27.0. The Kier molecular flexibility index (Phi) is 21.8. The average molecular weight is 1640 g/mol. The first kappa shape index (κ1) is 79.5. The van der Waals surface area contributed by atoms with Gasteiger partial charge in [-0.25, -0.2) is 0 Å². The van der Waals surface area contributed by atoms with E-state index < -0.39 is 0 Å². The van der Waals surface area contributed by atoms with Crippen LogP contribution in [0.25, 0.3) is 166 Å². The van der Waals surface area contributed by atoms with Gasteiger partial charge in [0.05, 0.1) is 22.3 Å². The third-order valence-electron chi connectivity index (χ3n) is 27.0. The summed E-state index contributed by atoms with van der Waals surface area (Å²) in [7, 11) is 0. The van der Waals surface area contributed by atoms with Gasteiger partial charge in [0.2, 0.25) is 56.1 Å². The van der Waals surface area contributed by atoms with E-state index in [4.69, 9.17) is 0 Å². The number of hydrogen-bond donors (Lipinski definition) is 0. The lowest BCUT2D eigenvalue weighted by molar-refractivity contribution is -0.653. The molecule has 0 spiro atoms. The molecule has 20 aromatic rings. The molecule has 0 N–H and O–H groups in total. The largest absolute Gasteiger partial charge is 0.216 e. The summed E-state index contributed by atoms with van der Waals surface area (Å²) in [5.74, 6) is 1.08. The number of rotatable bonds is 12. The predicted octanol–water partition coefficient (Wildman–Crippen LogP) is 27.6. The summed E-state index contributed by atoms with van der Waals surface area (Å²) in [6.07, 6.45) is 5.64. The van der Waals surface area contributed by atoms with Crippen LogP contribution in [0.5, 0.6) is 0 Å². The highest BCUT2D eigenvalue weighted by atomic mass is 15.0. The van der Waals surface area contributed by atoms with E-state index in [1.54, 1.807) is 0 Å². The van der Waals surface area contributed by atoms with Gasteiger partial charge in [-0.1, -0.05) is 313 Å². The van der Waals surface area contributed by atoms with E-state index in [1.807, 2.05) is 0 Å². The van der Waals surface area contributed by atoms with Crippen molar-refractivity contribution in [2.75, 3.05) is 0 Å². The minimum absolute atomic E-state index is 0.537. The fourth-order valence-corrected chi connectivity index (χ4v) is 21.0. The minimum Gasteiger partial charge on any atom is -0.191 e. The van der Waals surface area contributed by atoms with Crippen LogP contribution in [0.15, 0.2) is 406 Å². The van der Waals surface area contributed by atoms with Crippen LogP contribution in [-0.4, -0.2) is 0 Å². The van der Waals surface area contributed by atoms with Gasteiger partial charge in [0, 0.05) is 123 Å². The van der Waals surface area contributed by atoms with Crippen molar-refractivity contribution in [2.45, 2.75) is 111 Å². The molecule has 5 aliphatic heterocycles. The summed E-state index contributed by atoms with van der Waals surface area (Å²) in [6, 6.07) is 148. The molecule has 0 fully saturated rings. The Hall–Kier alpha value is -14.7. The molecule has 0 saturated heterocycles. The van der Waals surface area contributed by atoms with Crippen LogP contribution in [-0.2, 0) is 64.8 Å². The van der Waals surface area contributed by atoms with E-state index in [9.17, 15) is 0 Å². The molecule has 0 atom stereocenters. The zero-order valence-electron chi connectivity index (χ0n) is 73.1. The lowest BCUT2D eigenvalue weighted by atomic mass is 9.91. The van der Waals surface area contributed by atoms with Crippen LogP contribution in [0.3, 0.4) is 0 Å². The maximum atomic E-state index is 2.53. The van der Waals surface area contributed by atoms with Gasteiger partial charge in [0.25, 0.3) is 0 Å². The van der Waals surface area contributed by atoms with Crippen LogP contribution in [0, 0.1) is 6.92 Å². The van der Waals surface area contributed by atoms with E-state index in [0.717, 1.165) is 64.8 Å². The zero-order chi connectivity index (χ0) is 85.4. The Balaban J connectivity index is 0.0000000974. The maximum absolute atomic E-state index is 2.53. The quantitative estimate of drug-likeness (QED) is 0.109. The molecule has 5 heteroatoms. The highest BCUT2D eigenvalue weighted by Crippen LogP contribution is 2.42. The molecule has 0 bridgehead atoms. The Morgan fingerprint density at radius 3 is 0.858 bits per heavy atom. The Labute approximate surface area is 746 Å². The van der Waals surface area contributed by atoms with E-state index >= 15 is 0 Å². The summed E-state index contributed by atoms with van der Waals surface area (Å²) in [4.78, 5) is 0. The van der Waals surface area contributed by atoms with Gasteiger partial charge in [-0.3, -0.25) is 0 Å². The lowest BCUT2D eigenvalue weighted by Gasteiger charge is -2.14. The zero-order valence-corrected chi connectivity index (χ0v) is 73.1. The summed E-state index contributed by atoms with van der Waals surface area (Å²) in [5.41, 5.74) is 44.6. The smallest absolute Gasteiger partial charge is 0.191 e. The van der Waals surface area contributed by atoms with Crippen molar-refractivity contribution in [1.82, 2.24) is 0 Å². The first-order valence-electron chi connectivity index (χ1n) is 45.7. The molecule has 15 aromatic carbocycles. The molecule has 127 heavy (non-hydrogen) atoms. The summed E-state index contributed by atoms with van der Waals surface area (Å²) >= 11 is 0. The molecule has 25 rings (SSSR count). The molecule has 0 radical (unpaired) electrons. The number of pyridine rings is 5. The predicted molar refractivity (Wildman–Crippen MR) is 527 cm³/mol. The number of aryl methyl sites for hydroxylation is 11. The van der Waals surface area contributed by atoms with Crippen molar-refractivity contribution in [3.05, 3.63) is 451 Å². The number of benzene rings is 15. The Bertz CT molecular complexity index is 7560. The second-order valence-electron chi connectivity index (χ2n) is 35.2. The lowest BCUT2D eigenvalue weighted by Crippen LogP contribution is -2.34. The van der Waals surface area contributed by atoms with Crippen molar-refractivity contribution in [3.8, 4) is 112 Å². The van der Waals surface area contributed by atoms with Crippen LogP contribution < -0.4 is 22.8 Å². The fraction of sp³-hybridized carbons (Fsp3) is 0.139. The topological polar surface area (TPSA) is 19.4 Å². The van der Waals surface area contributed by atoms with Gasteiger partial charge in [0.1, 0.15) is 0 Å². The molecule has 0 saturated carbocycles. The third kappa shape index (κ3) is 15.3. The first-order chi connectivity index (χ1) is 62.6. The molecule has 612 valence electrons. The average Bonchev–Trinajstić information content (AvgIpc) is 1.69. The SMILES string of the molecule is CC(C)c1ccccc1-c1ccc2cccc3c2[n+]1CC3.Cc1cccc(C(C)C)c1-c1ccc2cccc3c2[n+]1CC3.c1ccc(-c2ccc(-c3ccc4cccc5c4[n+]3CC5)c(-c3ccccc3)c2)cc1.c1ccc(-c2ccc(-c3ccccc3)c(-c3ccc4cccc5c4[n+]3CC5)c2)cc1.c1ccc(-c2ccccc2-c2ccc3cccc4c3[n+]2CC4)cc1. The second-order valence-corrected chi connectivity index (χ2v) is 35.2. The molecular formula is C122H104N5+5. The van der Waals surface area contributed by atoms with Crippen LogP contribution >= 0.6 is 0 Å². The van der Waals surface area contributed by atoms with E-state index in [1.165, 1.54) is 211 Å². The van der Waals surface area contributed by atoms with E-state index in [2.05, 4.69) is 464 Å². The molecule has 0 amide bonds. The summed E-state index contributed by atoms with van der Waals surface area (Å²) in [6.45, 7) is 16.7. The molecule has 0 unspecified atom stereocenters. The van der Waals surface area contributed by atoms with E-state index in [-0.39, 0.29) is 0 Å². The van der Waals surface area contributed by atoms with Crippen LogP contribution in [0.2, 0.25) is 0 Å². The second kappa shape index (κ2) is 34.8. The van der Waals surface area contributed by atoms with Crippen molar-refractivity contribution < 1.29 is 22.8 Å². The standard InChI is InChI=1S/2C29H22N.C23H18N.C21H22N.C20H20N/c1-3-8-21(9-4-1)25-14-16-26(27(20-25)22-10-5-2-6-11-22)28-17-15-23-12-7-13-24-18-19-30(28)29(23)24;1-3-8-21(9-4-1)25-14-16-26(22-10-5-2-6-11-22)27(20-25)28-17-15-23-12-7-13-24-18-19-30(28)29(23)24;1-2-7-17(8-3-1)20-11-4-5-12-21(20)22-14-13-18-9-6-10-19-15-16-24(22)23(18)19;1-14(2)18-9-4-6-15(3)20(18)19-11-10-16-7-5-8-17-12-13-22(19)21(16)17;1-14(2)17-8-3-4-9-18(17)19-11-10-15-6-5-7-16-12-13-21(19)20(15)16/h2*1-17,20H,18-19H2;1-14H,15-16H2;4-11,14H,12-13H2,1-3H3;3-11,14H,12-13H2,1-2H3/q5*+1. The number of nitrogens with zero attached hydrogens (tertiary/aromatic N) is 5. The number of para-hydroxylation sites is 5. The summed E-state index contributed by atoms with van der Waals surface area (Å²) < 4.78 is 12.5. The Morgan fingerprint density at radius 2 is 0.465 bits per heavy atom. The monoisotopic (exact) mass is 1640 g/mol. The fourth-order valence-electron chi connectivity index (χ4n) is 21.0. The molecule has 0 aliphatic carbocycles. The molecule has 5 aliphatic rings. The van der Waals surface area contributed by atoms with Gasteiger partial charge in [0.15, 0.2) is 32.7 Å². The van der Waals surface area contributed by atoms with Crippen molar-refractivity contribution in [2.24, 2.45) is 0 Å². The van der Waals surface area contributed by atoms with Crippen LogP contribution in [0.4, 0.5) is 0 Å². The highest BCUT2D eigenvalue weighted by molar-refractivity contribution is 5.92. The van der Waals surface area contributed by atoms with Gasteiger partial charge < -0.3 is 0 Å².